The van der Waals surface area contributed by atoms with Crippen molar-refractivity contribution in [3.63, 3.8) is 0 Å². The van der Waals surface area contributed by atoms with Crippen LogP contribution < -0.4 is 20.3 Å². The summed E-state index contributed by atoms with van der Waals surface area (Å²) < 4.78 is 10.8. The number of hydrazine groups is 1. The fraction of sp³-hybridized carbons (Fsp3) is 0.222. The SMILES string of the molecule is CCOc1ccc(C(=O)NNC(=O)C(C)Oc2ccc(Cl)cc2Cl)cc1. The Kier molecular flexibility index (Phi) is 7.12. The van der Waals surface area contributed by atoms with Crippen LogP contribution >= 0.6 is 23.2 Å². The molecule has 2 rings (SSSR count). The lowest BCUT2D eigenvalue weighted by atomic mass is 10.2. The van der Waals surface area contributed by atoms with Crippen molar-refractivity contribution in [1.82, 2.24) is 10.9 Å². The molecule has 0 aliphatic heterocycles. The van der Waals surface area contributed by atoms with E-state index in [1.54, 1.807) is 36.4 Å². The van der Waals surface area contributed by atoms with Crippen molar-refractivity contribution in [2.24, 2.45) is 0 Å². The summed E-state index contributed by atoms with van der Waals surface area (Å²) in [6, 6.07) is 11.2. The highest BCUT2D eigenvalue weighted by Gasteiger charge is 2.17. The van der Waals surface area contributed by atoms with Crippen molar-refractivity contribution in [3.05, 3.63) is 58.1 Å². The zero-order valence-electron chi connectivity index (χ0n) is 14.2. The highest BCUT2D eigenvalue weighted by molar-refractivity contribution is 6.35. The van der Waals surface area contributed by atoms with Gasteiger partial charge in [-0.25, -0.2) is 0 Å². The monoisotopic (exact) mass is 396 g/mol. The number of ether oxygens (including phenoxy) is 2. The number of rotatable bonds is 6. The molecule has 0 heterocycles. The molecule has 8 heteroatoms. The van der Waals surface area contributed by atoms with Gasteiger partial charge >= 0.3 is 0 Å². The van der Waals surface area contributed by atoms with E-state index in [0.29, 0.717) is 28.7 Å². The van der Waals surface area contributed by atoms with Crippen LogP contribution in [0.5, 0.6) is 11.5 Å². The van der Waals surface area contributed by atoms with E-state index in [0.717, 1.165) is 0 Å². The molecule has 26 heavy (non-hydrogen) atoms. The Morgan fingerprint density at radius 2 is 1.77 bits per heavy atom. The number of nitrogens with one attached hydrogen (secondary N) is 2. The normalized spacial score (nSPS) is 11.4. The van der Waals surface area contributed by atoms with E-state index in [2.05, 4.69) is 10.9 Å². The first-order valence-electron chi connectivity index (χ1n) is 7.85. The summed E-state index contributed by atoms with van der Waals surface area (Å²) >= 11 is 11.8. The predicted octanol–water partition coefficient (Wildman–Crippen LogP) is 3.62. The van der Waals surface area contributed by atoms with Crippen LogP contribution in [0.4, 0.5) is 0 Å². The summed E-state index contributed by atoms with van der Waals surface area (Å²) in [4.78, 5) is 24.1. The van der Waals surface area contributed by atoms with Gasteiger partial charge < -0.3 is 9.47 Å². The summed E-state index contributed by atoms with van der Waals surface area (Å²) in [5, 5.41) is 0.748. The van der Waals surface area contributed by atoms with Gasteiger partial charge in [0.25, 0.3) is 11.8 Å². The van der Waals surface area contributed by atoms with Crippen molar-refractivity contribution in [3.8, 4) is 11.5 Å². The third kappa shape index (κ3) is 5.54. The van der Waals surface area contributed by atoms with E-state index in [1.807, 2.05) is 6.92 Å². The molecule has 2 aromatic rings. The third-order valence-corrected chi connectivity index (χ3v) is 3.82. The minimum atomic E-state index is -0.880. The minimum Gasteiger partial charge on any atom is -0.494 e. The molecule has 0 spiro atoms. The van der Waals surface area contributed by atoms with Crippen LogP contribution in [-0.2, 0) is 4.79 Å². The number of amides is 2. The summed E-state index contributed by atoms with van der Waals surface area (Å²) in [6.07, 6.45) is -0.880. The Labute approximate surface area is 161 Å². The molecular formula is C18H18Cl2N2O4. The average molecular weight is 397 g/mol. The van der Waals surface area contributed by atoms with Gasteiger partial charge in [0, 0.05) is 10.6 Å². The van der Waals surface area contributed by atoms with Crippen molar-refractivity contribution in [2.75, 3.05) is 6.61 Å². The van der Waals surface area contributed by atoms with Crippen LogP contribution in [0.25, 0.3) is 0 Å². The molecule has 0 bridgehead atoms. The smallest absolute Gasteiger partial charge is 0.279 e. The van der Waals surface area contributed by atoms with Gasteiger partial charge in [-0.1, -0.05) is 23.2 Å². The zero-order valence-corrected chi connectivity index (χ0v) is 15.7. The molecule has 1 unspecified atom stereocenters. The summed E-state index contributed by atoms with van der Waals surface area (Å²) in [5.74, 6) is -0.0139. The Morgan fingerprint density at radius 3 is 2.38 bits per heavy atom. The topological polar surface area (TPSA) is 76.7 Å². The highest BCUT2D eigenvalue weighted by Crippen LogP contribution is 2.28. The molecule has 0 aromatic heterocycles. The highest BCUT2D eigenvalue weighted by atomic mass is 35.5. The van der Waals surface area contributed by atoms with Crippen LogP contribution in [0.3, 0.4) is 0 Å². The quantitative estimate of drug-likeness (QED) is 0.730. The summed E-state index contributed by atoms with van der Waals surface area (Å²) in [7, 11) is 0. The molecule has 6 nitrogen and oxygen atoms in total. The van der Waals surface area contributed by atoms with Gasteiger partial charge in [0.15, 0.2) is 6.10 Å². The molecule has 0 aliphatic rings. The molecule has 0 saturated heterocycles. The molecule has 2 N–H and O–H groups in total. The zero-order chi connectivity index (χ0) is 19.1. The Bertz CT molecular complexity index is 781. The van der Waals surface area contributed by atoms with Crippen LogP contribution in [0.2, 0.25) is 10.0 Å². The fourth-order valence-corrected chi connectivity index (χ4v) is 2.43. The number of carbonyl (C=O) groups excluding carboxylic acids is 2. The van der Waals surface area contributed by atoms with Gasteiger partial charge in [0.1, 0.15) is 11.5 Å². The maximum atomic E-state index is 12.1. The van der Waals surface area contributed by atoms with Crippen molar-refractivity contribution < 1.29 is 19.1 Å². The van der Waals surface area contributed by atoms with Gasteiger partial charge in [-0.15, -0.1) is 0 Å². The first-order chi connectivity index (χ1) is 12.4. The van der Waals surface area contributed by atoms with E-state index in [9.17, 15) is 9.59 Å². The first kappa shape index (κ1) is 19.9. The molecule has 0 aliphatic carbocycles. The lowest BCUT2D eigenvalue weighted by Gasteiger charge is -2.16. The van der Waals surface area contributed by atoms with Crippen molar-refractivity contribution in [1.29, 1.82) is 0 Å². The van der Waals surface area contributed by atoms with Crippen LogP contribution in [-0.4, -0.2) is 24.5 Å². The number of benzene rings is 2. The summed E-state index contributed by atoms with van der Waals surface area (Å²) in [5.41, 5.74) is 5.01. The largest absolute Gasteiger partial charge is 0.494 e. The van der Waals surface area contributed by atoms with Crippen LogP contribution in [0.15, 0.2) is 42.5 Å². The first-order valence-corrected chi connectivity index (χ1v) is 8.61. The predicted molar refractivity (Wildman–Crippen MR) is 99.8 cm³/mol. The maximum absolute atomic E-state index is 12.1. The Morgan fingerprint density at radius 1 is 1.08 bits per heavy atom. The molecule has 0 fully saturated rings. The molecular weight excluding hydrogens is 379 g/mol. The number of halogens is 2. The maximum Gasteiger partial charge on any atom is 0.279 e. The van der Waals surface area contributed by atoms with Crippen LogP contribution in [0, 0.1) is 0 Å². The van der Waals surface area contributed by atoms with Gasteiger partial charge in [-0.05, 0) is 56.3 Å². The van der Waals surface area contributed by atoms with E-state index < -0.39 is 17.9 Å². The lowest BCUT2D eigenvalue weighted by molar-refractivity contribution is -0.128. The van der Waals surface area contributed by atoms with Gasteiger partial charge in [0.05, 0.1) is 11.6 Å². The van der Waals surface area contributed by atoms with E-state index in [-0.39, 0.29) is 5.02 Å². The number of hydrogen-bond acceptors (Lipinski definition) is 4. The third-order valence-electron chi connectivity index (χ3n) is 3.29. The molecule has 138 valence electrons. The Balaban J connectivity index is 1.87. The molecule has 0 saturated carbocycles. The van der Waals surface area contributed by atoms with Crippen molar-refractivity contribution >= 4 is 35.0 Å². The van der Waals surface area contributed by atoms with E-state index in [1.165, 1.54) is 13.0 Å². The molecule has 0 radical (unpaired) electrons. The molecule has 2 aromatic carbocycles. The van der Waals surface area contributed by atoms with Gasteiger partial charge in [-0.2, -0.15) is 0 Å². The average Bonchev–Trinajstić information content (AvgIpc) is 2.62. The second-order valence-electron chi connectivity index (χ2n) is 5.24. The standard InChI is InChI=1S/C18H18Cl2N2O4/c1-3-25-14-7-4-12(5-8-14)18(24)22-21-17(23)11(2)26-16-9-6-13(19)10-15(16)20/h4-11H,3H2,1-2H3,(H,21,23)(H,22,24). The van der Waals surface area contributed by atoms with Gasteiger partial charge in [0.2, 0.25) is 0 Å². The molecule has 2 amide bonds. The molecule has 1 atom stereocenters. The second-order valence-corrected chi connectivity index (χ2v) is 6.08. The number of hydrogen-bond donors (Lipinski definition) is 2. The fourth-order valence-electron chi connectivity index (χ4n) is 1.98. The van der Waals surface area contributed by atoms with E-state index >= 15 is 0 Å². The van der Waals surface area contributed by atoms with Crippen molar-refractivity contribution in [2.45, 2.75) is 20.0 Å². The Hall–Kier alpha value is -2.44. The summed E-state index contributed by atoms with van der Waals surface area (Å²) in [6.45, 7) is 3.94. The minimum absolute atomic E-state index is 0.288. The second kappa shape index (κ2) is 9.31. The lowest BCUT2D eigenvalue weighted by Crippen LogP contribution is -2.47. The number of carbonyl (C=O) groups is 2. The van der Waals surface area contributed by atoms with E-state index in [4.69, 9.17) is 32.7 Å². The van der Waals surface area contributed by atoms with Crippen LogP contribution in [0.1, 0.15) is 24.2 Å². The van der Waals surface area contributed by atoms with Gasteiger partial charge in [-0.3, -0.25) is 20.4 Å².